The molecule has 1 aromatic rings. The van der Waals surface area contributed by atoms with Gasteiger partial charge in [0.05, 0.1) is 19.1 Å². The Balaban J connectivity index is 2.17. The van der Waals surface area contributed by atoms with E-state index in [1.807, 2.05) is 0 Å². The quantitative estimate of drug-likeness (QED) is 0.744. The van der Waals surface area contributed by atoms with Gasteiger partial charge in [0.25, 0.3) is 0 Å². The average molecular weight is 231 g/mol. The first kappa shape index (κ1) is 10.7. The lowest BCUT2D eigenvalue weighted by atomic mass is 10.2. The maximum atomic E-state index is 13.5. The molecule has 2 nitrogen and oxygen atoms in total. The van der Waals surface area contributed by atoms with Crippen molar-refractivity contribution in [2.75, 3.05) is 13.2 Å². The fraction of sp³-hybridized carbons (Fsp3) is 0.455. The molecular weight excluding hydrogens is 219 g/mol. The van der Waals surface area contributed by atoms with Crippen LogP contribution in [0.3, 0.4) is 0 Å². The van der Waals surface area contributed by atoms with E-state index in [0.717, 1.165) is 6.42 Å². The van der Waals surface area contributed by atoms with Gasteiger partial charge in [-0.05, 0) is 6.07 Å². The summed E-state index contributed by atoms with van der Waals surface area (Å²) in [7, 11) is 0. The fourth-order valence-corrected chi connectivity index (χ4v) is 1.77. The highest BCUT2D eigenvalue weighted by molar-refractivity contribution is 6.17. The lowest BCUT2D eigenvalue weighted by molar-refractivity contribution is 0.137. The number of rotatable bonds is 3. The first-order valence-corrected chi connectivity index (χ1v) is 5.42. The normalized spacial score (nSPS) is 20.5. The second kappa shape index (κ2) is 4.81. The molecule has 0 N–H and O–H groups in total. The van der Waals surface area contributed by atoms with Gasteiger partial charge in [-0.1, -0.05) is 12.1 Å². The SMILES string of the molecule is Fc1cccc(CCl)c1OC1CCOC1. The van der Waals surface area contributed by atoms with Gasteiger partial charge in [0.2, 0.25) is 0 Å². The van der Waals surface area contributed by atoms with E-state index in [1.165, 1.54) is 6.07 Å². The molecule has 0 radical (unpaired) electrons. The minimum atomic E-state index is -0.361. The summed E-state index contributed by atoms with van der Waals surface area (Å²) in [4.78, 5) is 0. The van der Waals surface area contributed by atoms with Gasteiger partial charge in [0.1, 0.15) is 6.10 Å². The Bertz CT molecular complexity index is 337. The summed E-state index contributed by atoms with van der Waals surface area (Å²) < 4.78 is 24.2. The second-order valence-corrected chi connectivity index (χ2v) is 3.73. The molecule has 1 atom stereocenters. The van der Waals surface area contributed by atoms with Crippen LogP contribution < -0.4 is 4.74 Å². The topological polar surface area (TPSA) is 18.5 Å². The third kappa shape index (κ3) is 2.41. The fourth-order valence-electron chi connectivity index (χ4n) is 1.56. The number of para-hydroxylation sites is 1. The number of ether oxygens (including phenoxy) is 2. The van der Waals surface area contributed by atoms with Crippen LogP contribution in [0.2, 0.25) is 0 Å². The molecule has 15 heavy (non-hydrogen) atoms. The largest absolute Gasteiger partial charge is 0.485 e. The minimum Gasteiger partial charge on any atom is -0.485 e. The first-order chi connectivity index (χ1) is 7.31. The molecule has 0 spiro atoms. The van der Waals surface area contributed by atoms with Crippen LogP contribution in [-0.4, -0.2) is 19.3 Å². The van der Waals surface area contributed by atoms with Crippen molar-refractivity contribution in [1.82, 2.24) is 0 Å². The summed E-state index contributed by atoms with van der Waals surface area (Å²) >= 11 is 5.71. The Hall–Kier alpha value is -0.800. The molecule has 1 unspecified atom stereocenters. The van der Waals surface area contributed by atoms with Crippen LogP contribution in [0.25, 0.3) is 0 Å². The molecule has 0 amide bonds. The molecule has 1 heterocycles. The van der Waals surface area contributed by atoms with E-state index in [-0.39, 0.29) is 23.6 Å². The van der Waals surface area contributed by atoms with E-state index < -0.39 is 0 Å². The smallest absolute Gasteiger partial charge is 0.165 e. The predicted molar refractivity (Wildman–Crippen MR) is 55.8 cm³/mol. The molecule has 82 valence electrons. The molecule has 0 aromatic heterocycles. The number of benzene rings is 1. The highest BCUT2D eigenvalue weighted by Crippen LogP contribution is 2.26. The van der Waals surface area contributed by atoms with Gasteiger partial charge in [0, 0.05) is 12.0 Å². The van der Waals surface area contributed by atoms with Gasteiger partial charge in [0.15, 0.2) is 11.6 Å². The summed E-state index contributed by atoms with van der Waals surface area (Å²) in [6.45, 7) is 1.20. The Morgan fingerprint density at radius 1 is 1.53 bits per heavy atom. The van der Waals surface area contributed by atoms with E-state index in [2.05, 4.69) is 0 Å². The molecule has 4 heteroatoms. The van der Waals surface area contributed by atoms with Crippen LogP contribution in [0.5, 0.6) is 5.75 Å². The standard InChI is InChI=1S/C11H12ClFO2/c12-6-8-2-1-3-10(13)11(8)15-9-4-5-14-7-9/h1-3,9H,4-7H2. The molecule has 1 aliphatic rings. The summed E-state index contributed by atoms with van der Waals surface area (Å²) in [6.07, 6.45) is 0.750. The third-order valence-electron chi connectivity index (χ3n) is 2.36. The minimum absolute atomic E-state index is 0.0520. The van der Waals surface area contributed by atoms with E-state index >= 15 is 0 Å². The summed E-state index contributed by atoms with van der Waals surface area (Å²) in [5.74, 6) is 0.156. The molecule has 0 aliphatic carbocycles. The van der Waals surface area contributed by atoms with Crippen molar-refractivity contribution in [2.24, 2.45) is 0 Å². The zero-order chi connectivity index (χ0) is 10.7. The number of alkyl halides is 1. The van der Waals surface area contributed by atoms with Crippen LogP contribution in [0.4, 0.5) is 4.39 Å². The lowest BCUT2D eigenvalue weighted by Gasteiger charge is -2.15. The zero-order valence-electron chi connectivity index (χ0n) is 8.21. The molecule has 1 aliphatic heterocycles. The molecule has 2 rings (SSSR count). The van der Waals surface area contributed by atoms with E-state index in [4.69, 9.17) is 21.1 Å². The van der Waals surface area contributed by atoms with Crippen LogP contribution in [0, 0.1) is 5.82 Å². The van der Waals surface area contributed by atoms with Crippen molar-refractivity contribution in [1.29, 1.82) is 0 Å². The molecule has 1 fully saturated rings. The van der Waals surface area contributed by atoms with Crippen LogP contribution in [0.1, 0.15) is 12.0 Å². The summed E-state index contributed by atoms with van der Waals surface area (Å²) in [6, 6.07) is 4.77. The van der Waals surface area contributed by atoms with Crippen molar-refractivity contribution >= 4 is 11.6 Å². The Labute approximate surface area is 92.9 Å². The van der Waals surface area contributed by atoms with Crippen molar-refractivity contribution in [3.63, 3.8) is 0 Å². The second-order valence-electron chi connectivity index (χ2n) is 3.47. The Kier molecular flexibility index (Phi) is 3.44. The van der Waals surface area contributed by atoms with Crippen LogP contribution >= 0.6 is 11.6 Å². The van der Waals surface area contributed by atoms with Crippen molar-refractivity contribution in [3.8, 4) is 5.75 Å². The van der Waals surface area contributed by atoms with Crippen LogP contribution in [-0.2, 0) is 10.6 Å². The lowest BCUT2D eigenvalue weighted by Crippen LogP contribution is -2.17. The molecule has 0 bridgehead atoms. The molecule has 1 saturated heterocycles. The molecular formula is C11H12ClFO2. The maximum Gasteiger partial charge on any atom is 0.165 e. The van der Waals surface area contributed by atoms with Gasteiger partial charge >= 0.3 is 0 Å². The predicted octanol–water partition coefficient (Wildman–Crippen LogP) is 2.73. The van der Waals surface area contributed by atoms with Gasteiger partial charge < -0.3 is 9.47 Å². The van der Waals surface area contributed by atoms with Gasteiger partial charge in [-0.2, -0.15) is 0 Å². The van der Waals surface area contributed by atoms with Crippen molar-refractivity contribution in [3.05, 3.63) is 29.6 Å². The molecule has 0 saturated carbocycles. The molecule has 1 aromatic carbocycles. The van der Waals surface area contributed by atoms with E-state index in [0.29, 0.717) is 18.8 Å². The zero-order valence-corrected chi connectivity index (χ0v) is 8.97. The average Bonchev–Trinajstić information content (AvgIpc) is 2.74. The van der Waals surface area contributed by atoms with E-state index in [9.17, 15) is 4.39 Å². The van der Waals surface area contributed by atoms with Gasteiger partial charge in [-0.25, -0.2) is 4.39 Å². The highest BCUT2D eigenvalue weighted by atomic mass is 35.5. The summed E-state index contributed by atoms with van der Waals surface area (Å²) in [5, 5.41) is 0. The Morgan fingerprint density at radius 2 is 2.40 bits per heavy atom. The first-order valence-electron chi connectivity index (χ1n) is 4.89. The van der Waals surface area contributed by atoms with Gasteiger partial charge in [-0.3, -0.25) is 0 Å². The highest BCUT2D eigenvalue weighted by Gasteiger charge is 2.20. The third-order valence-corrected chi connectivity index (χ3v) is 2.65. The number of halogens is 2. The van der Waals surface area contributed by atoms with E-state index in [1.54, 1.807) is 12.1 Å². The van der Waals surface area contributed by atoms with Crippen LogP contribution in [0.15, 0.2) is 18.2 Å². The summed E-state index contributed by atoms with van der Waals surface area (Å²) in [5.41, 5.74) is 0.684. The van der Waals surface area contributed by atoms with Crippen molar-refractivity contribution < 1.29 is 13.9 Å². The maximum absolute atomic E-state index is 13.5. The monoisotopic (exact) mass is 230 g/mol. The van der Waals surface area contributed by atoms with Gasteiger partial charge in [-0.15, -0.1) is 11.6 Å². The Morgan fingerprint density at radius 3 is 3.07 bits per heavy atom. The number of hydrogen-bond donors (Lipinski definition) is 0. The van der Waals surface area contributed by atoms with Crippen molar-refractivity contribution in [2.45, 2.75) is 18.4 Å². The number of hydrogen-bond acceptors (Lipinski definition) is 2.